The zero-order valence-corrected chi connectivity index (χ0v) is 6.73. The highest BCUT2D eigenvalue weighted by atomic mass is 16.4. The first kappa shape index (κ1) is 8.99. The van der Waals surface area contributed by atoms with E-state index in [1.54, 1.807) is 0 Å². The van der Waals surface area contributed by atoms with Crippen LogP contribution >= 0.6 is 0 Å². The number of nitrogens with two attached hydrogens (primary N) is 2. The van der Waals surface area contributed by atoms with Crippen molar-refractivity contribution in [3.8, 4) is 0 Å². The Morgan fingerprint density at radius 3 is 2.92 bits per heavy atom. The summed E-state index contributed by atoms with van der Waals surface area (Å²) in [6.07, 6.45) is 1.14. The standard InChI is InChI=1S/C7H13N3O2/c8-5(7(11)12)1-4-2-6(9)10-3-4/h4-5H,1-3,8H2,(H2,9,10)(H,11,12)/t4-,5+/m1/s1. The van der Waals surface area contributed by atoms with Crippen LogP contribution < -0.4 is 11.5 Å². The van der Waals surface area contributed by atoms with Gasteiger partial charge in [-0.15, -0.1) is 0 Å². The molecule has 12 heavy (non-hydrogen) atoms. The molecule has 68 valence electrons. The summed E-state index contributed by atoms with van der Waals surface area (Å²) < 4.78 is 0. The summed E-state index contributed by atoms with van der Waals surface area (Å²) in [4.78, 5) is 14.4. The predicted octanol–water partition coefficient (Wildman–Crippen LogP) is -0.834. The number of nitrogens with zero attached hydrogens (tertiary/aromatic N) is 1. The number of hydrogen-bond acceptors (Lipinski definition) is 4. The van der Waals surface area contributed by atoms with Crippen molar-refractivity contribution in [3.05, 3.63) is 0 Å². The Morgan fingerprint density at radius 2 is 2.50 bits per heavy atom. The number of aliphatic imine (C=N–C) groups is 1. The minimum atomic E-state index is -0.958. The van der Waals surface area contributed by atoms with Crippen molar-refractivity contribution in [1.29, 1.82) is 0 Å². The van der Waals surface area contributed by atoms with E-state index >= 15 is 0 Å². The zero-order valence-electron chi connectivity index (χ0n) is 6.73. The van der Waals surface area contributed by atoms with Gasteiger partial charge >= 0.3 is 5.97 Å². The average molecular weight is 171 g/mol. The van der Waals surface area contributed by atoms with E-state index in [1.165, 1.54) is 0 Å². The third-order valence-corrected chi connectivity index (χ3v) is 1.95. The van der Waals surface area contributed by atoms with Crippen LogP contribution in [-0.4, -0.2) is 29.5 Å². The van der Waals surface area contributed by atoms with Crippen LogP contribution in [0.5, 0.6) is 0 Å². The van der Waals surface area contributed by atoms with Gasteiger partial charge in [-0.1, -0.05) is 0 Å². The Morgan fingerprint density at radius 1 is 1.83 bits per heavy atom. The second-order valence-corrected chi connectivity index (χ2v) is 3.08. The van der Waals surface area contributed by atoms with Gasteiger partial charge in [0.25, 0.3) is 0 Å². The molecule has 5 heteroatoms. The molecule has 0 saturated heterocycles. The lowest BCUT2D eigenvalue weighted by Gasteiger charge is -2.10. The van der Waals surface area contributed by atoms with E-state index in [0.717, 1.165) is 0 Å². The Balaban J connectivity index is 2.30. The molecule has 1 aliphatic rings. The normalized spacial score (nSPS) is 25.1. The summed E-state index contributed by atoms with van der Waals surface area (Å²) in [5.74, 6) is -0.130. The Kier molecular flexibility index (Phi) is 2.65. The Labute approximate surface area is 70.5 Å². The molecule has 0 aliphatic carbocycles. The number of rotatable bonds is 3. The van der Waals surface area contributed by atoms with Gasteiger partial charge in [-0.05, 0) is 12.3 Å². The maximum atomic E-state index is 10.4. The van der Waals surface area contributed by atoms with Crippen LogP contribution in [-0.2, 0) is 4.79 Å². The van der Waals surface area contributed by atoms with Crippen LogP contribution in [0.4, 0.5) is 0 Å². The van der Waals surface area contributed by atoms with E-state index in [4.69, 9.17) is 16.6 Å². The van der Waals surface area contributed by atoms with Crippen LogP contribution in [0.2, 0.25) is 0 Å². The molecule has 0 unspecified atom stereocenters. The maximum absolute atomic E-state index is 10.4. The molecule has 5 nitrogen and oxygen atoms in total. The molecule has 5 N–H and O–H groups in total. The van der Waals surface area contributed by atoms with Crippen molar-refractivity contribution in [1.82, 2.24) is 0 Å². The number of carboxylic acid groups (broad SMARTS) is 1. The van der Waals surface area contributed by atoms with E-state index in [0.29, 0.717) is 25.2 Å². The van der Waals surface area contributed by atoms with E-state index in [1.807, 2.05) is 0 Å². The second kappa shape index (κ2) is 3.53. The molecule has 0 radical (unpaired) electrons. The van der Waals surface area contributed by atoms with Gasteiger partial charge in [0, 0.05) is 13.0 Å². The van der Waals surface area contributed by atoms with Gasteiger partial charge in [0.05, 0.1) is 5.84 Å². The molecule has 0 spiro atoms. The Hall–Kier alpha value is -1.10. The second-order valence-electron chi connectivity index (χ2n) is 3.08. The van der Waals surface area contributed by atoms with Gasteiger partial charge in [-0.2, -0.15) is 0 Å². The number of amidine groups is 1. The fraction of sp³-hybridized carbons (Fsp3) is 0.714. The first-order chi connectivity index (χ1) is 5.59. The summed E-state index contributed by atoms with van der Waals surface area (Å²) >= 11 is 0. The first-order valence-electron chi connectivity index (χ1n) is 3.86. The molecule has 0 saturated carbocycles. The molecule has 1 heterocycles. The van der Waals surface area contributed by atoms with E-state index in [9.17, 15) is 4.79 Å². The largest absolute Gasteiger partial charge is 0.480 e. The third-order valence-electron chi connectivity index (χ3n) is 1.95. The summed E-state index contributed by atoms with van der Waals surface area (Å²) in [5, 5.41) is 8.51. The molecule has 0 aromatic rings. The molecule has 1 rings (SSSR count). The highest BCUT2D eigenvalue weighted by Crippen LogP contribution is 2.16. The van der Waals surface area contributed by atoms with E-state index in [-0.39, 0.29) is 5.92 Å². The van der Waals surface area contributed by atoms with Crippen molar-refractivity contribution < 1.29 is 9.90 Å². The number of carbonyl (C=O) groups is 1. The minimum absolute atomic E-state index is 0.219. The van der Waals surface area contributed by atoms with Crippen molar-refractivity contribution in [3.63, 3.8) is 0 Å². The van der Waals surface area contributed by atoms with E-state index < -0.39 is 12.0 Å². The van der Waals surface area contributed by atoms with Crippen molar-refractivity contribution in [2.75, 3.05) is 6.54 Å². The predicted molar refractivity (Wildman–Crippen MR) is 44.8 cm³/mol. The molecule has 0 aromatic heterocycles. The van der Waals surface area contributed by atoms with E-state index in [2.05, 4.69) is 4.99 Å². The van der Waals surface area contributed by atoms with Crippen LogP contribution in [0.25, 0.3) is 0 Å². The lowest BCUT2D eigenvalue weighted by molar-refractivity contribution is -0.138. The van der Waals surface area contributed by atoms with Gasteiger partial charge < -0.3 is 16.6 Å². The lowest BCUT2D eigenvalue weighted by atomic mass is 9.99. The maximum Gasteiger partial charge on any atom is 0.320 e. The zero-order chi connectivity index (χ0) is 9.14. The topological polar surface area (TPSA) is 102 Å². The van der Waals surface area contributed by atoms with Crippen LogP contribution in [0.1, 0.15) is 12.8 Å². The van der Waals surface area contributed by atoms with Gasteiger partial charge in [0.2, 0.25) is 0 Å². The first-order valence-corrected chi connectivity index (χ1v) is 3.86. The molecule has 0 amide bonds. The van der Waals surface area contributed by atoms with Gasteiger partial charge in [-0.3, -0.25) is 9.79 Å². The molecular weight excluding hydrogens is 158 g/mol. The van der Waals surface area contributed by atoms with Gasteiger partial charge in [0.1, 0.15) is 6.04 Å². The number of carboxylic acids is 1. The molecule has 0 bridgehead atoms. The van der Waals surface area contributed by atoms with Gasteiger partial charge in [-0.25, -0.2) is 0 Å². The fourth-order valence-electron chi connectivity index (χ4n) is 1.29. The smallest absolute Gasteiger partial charge is 0.320 e. The van der Waals surface area contributed by atoms with Crippen molar-refractivity contribution in [2.24, 2.45) is 22.4 Å². The van der Waals surface area contributed by atoms with Crippen LogP contribution in [0.3, 0.4) is 0 Å². The third kappa shape index (κ3) is 2.20. The fourth-order valence-corrected chi connectivity index (χ4v) is 1.29. The summed E-state index contributed by atoms with van der Waals surface area (Å²) in [5.41, 5.74) is 10.8. The summed E-state index contributed by atoms with van der Waals surface area (Å²) in [6, 6.07) is -0.781. The van der Waals surface area contributed by atoms with Crippen molar-refractivity contribution in [2.45, 2.75) is 18.9 Å². The quantitative estimate of drug-likeness (QED) is 0.515. The van der Waals surface area contributed by atoms with Crippen LogP contribution in [0, 0.1) is 5.92 Å². The monoisotopic (exact) mass is 171 g/mol. The number of hydrogen-bond donors (Lipinski definition) is 3. The molecular formula is C7H13N3O2. The molecule has 0 aromatic carbocycles. The summed E-state index contributed by atoms with van der Waals surface area (Å²) in [6.45, 7) is 0.618. The highest BCUT2D eigenvalue weighted by molar-refractivity contribution is 5.82. The Bertz CT molecular complexity index is 215. The number of aliphatic carboxylic acids is 1. The van der Waals surface area contributed by atoms with Gasteiger partial charge in [0.15, 0.2) is 0 Å². The summed E-state index contributed by atoms with van der Waals surface area (Å²) in [7, 11) is 0. The minimum Gasteiger partial charge on any atom is -0.480 e. The highest BCUT2D eigenvalue weighted by Gasteiger charge is 2.22. The average Bonchev–Trinajstić information content (AvgIpc) is 2.35. The van der Waals surface area contributed by atoms with Crippen LogP contribution in [0.15, 0.2) is 4.99 Å². The molecule has 0 fully saturated rings. The molecule has 1 aliphatic heterocycles. The lowest BCUT2D eigenvalue weighted by Crippen LogP contribution is -2.32. The SMILES string of the molecule is NC1=NC[C@H](C[C@H](N)C(=O)O)C1. The van der Waals surface area contributed by atoms with Crippen molar-refractivity contribution >= 4 is 11.8 Å². The molecule has 2 atom stereocenters.